The fourth-order valence-electron chi connectivity index (χ4n) is 0.549. The summed E-state index contributed by atoms with van der Waals surface area (Å²) in [7, 11) is 0. The standard InChI is InChI=1S/C6H3ClN2OS/c7-5-2-1-4(11-5)6(10)9-3-8/h1-2H,(H,9,10). The predicted molar refractivity (Wildman–Crippen MR) is 42.4 cm³/mol. The van der Waals surface area contributed by atoms with Crippen LogP contribution in [0.2, 0.25) is 4.34 Å². The van der Waals surface area contributed by atoms with E-state index >= 15 is 0 Å². The highest BCUT2D eigenvalue weighted by Gasteiger charge is 2.06. The van der Waals surface area contributed by atoms with Crippen LogP contribution in [0, 0.1) is 11.5 Å². The van der Waals surface area contributed by atoms with Gasteiger partial charge in [0.2, 0.25) is 0 Å². The van der Waals surface area contributed by atoms with Crippen LogP contribution in [-0.4, -0.2) is 5.91 Å². The lowest BCUT2D eigenvalue weighted by molar-refractivity contribution is 0.0977. The van der Waals surface area contributed by atoms with E-state index in [1.54, 1.807) is 12.1 Å². The molecule has 0 saturated carbocycles. The number of nitrogens with one attached hydrogen (secondary N) is 1. The summed E-state index contributed by atoms with van der Waals surface area (Å²) in [6, 6.07) is 3.18. The third-order valence-electron chi connectivity index (χ3n) is 0.966. The highest BCUT2D eigenvalue weighted by molar-refractivity contribution is 7.18. The number of nitrogens with zero attached hydrogens (tertiary/aromatic N) is 1. The van der Waals surface area contributed by atoms with Crippen LogP contribution in [0.3, 0.4) is 0 Å². The Morgan fingerprint density at radius 1 is 1.73 bits per heavy atom. The van der Waals surface area contributed by atoms with Gasteiger partial charge >= 0.3 is 0 Å². The Hall–Kier alpha value is -1.05. The molecule has 3 nitrogen and oxygen atoms in total. The molecule has 0 unspecified atom stereocenters. The van der Waals surface area contributed by atoms with Gasteiger partial charge in [0.15, 0.2) is 6.19 Å². The number of nitriles is 1. The molecular formula is C6H3ClN2OS. The van der Waals surface area contributed by atoms with Gasteiger partial charge in [0.1, 0.15) is 0 Å². The maximum Gasteiger partial charge on any atom is 0.274 e. The summed E-state index contributed by atoms with van der Waals surface area (Å²) in [5, 5.41) is 10.1. The van der Waals surface area contributed by atoms with Crippen LogP contribution in [0.15, 0.2) is 12.1 Å². The quantitative estimate of drug-likeness (QED) is 0.535. The smallest absolute Gasteiger partial charge is 0.267 e. The molecule has 0 bridgehead atoms. The van der Waals surface area contributed by atoms with E-state index in [1.807, 2.05) is 5.32 Å². The molecule has 0 fully saturated rings. The minimum Gasteiger partial charge on any atom is -0.267 e. The minimum absolute atomic E-state index is 0.413. The summed E-state index contributed by atoms with van der Waals surface area (Å²) in [4.78, 5) is 11.3. The van der Waals surface area contributed by atoms with Gasteiger partial charge in [-0.05, 0) is 12.1 Å². The highest BCUT2D eigenvalue weighted by Crippen LogP contribution is 2.20. The second kappa shape index (κ2) is 3.37. The number of hydrogen-bond acceptors (Lipinski definition) is 3. The van der Waals surface area contributed by atoms with Crippen molar-refractivity contribution in [2.75, 3.05) is 0 Å². The van der Waals surface area contributed by atoms with Crippen LogP contribution in [0.25, 0.3) is 0 Å². The topological polar surface area (TPSA) is 52.9 Å². The molecule has 0 aliphatic heterocycles. The first-order valence-corrected chi connectivity index (χ1v) is 3.88. The summed E-state index contributed by atoms with van der Waals surface area (Å²) in [6.07, 6.45) is 1.54. The fraction of sp³-hybridized carbons (Fsp3) is 0. The average Bonchev–Trinajstić information content (AvgIpc) is 2.36. The average molecular weight is 187 g/mol. The Kier molecular flexibility index (Phi) is 2.47. The van der Waals surface area contributed by atoms with Crippen molar-refractivity contribution in [2.45, 2.75) is 0 Å². The van der Waals surface area contributed by atoms with Crippen molar-refractivity contribution in [1.82, 2.24) is 5.32 Å². The molecule has 1 aromatic heterocycles. The molecule has 1 aromatic rings. The molecule has 0 aliphatic carbocycles. The molecule has 56 valence electrons. The molecule has 1 rings (SSSR count). The van der Waals surface area contributed by atoms with Crippen LogP contribution in [0.5, 0.6) is 0 Å². The van der Waals surface area contributed by atoms with Crippen LogP contribution < -0.4 is 5.32 Å². The second-order valence-electron chi connectivity index (χ2n) is 1.67. The zero-order valence-corrected chi connectivity index (χ0v) is 6.87. The van der Waals surface area contributed by atoms with Crippen LogP contribution in [0.4, 0.5) is 0 Å². The second-order valence-corrected chi connectivity index (χ2v) is 3.38. The lowest BCUT2D eigenvalue weighted by Gasteiger charge is -1.88. The van der Waals surface area contributed by atoms with Crippen molar-refractivity contribution < 1.29 is 4.79 Å². The number of halogens is 1. The fourth-order valence-corrected chi connectivity index (χ4v) is 1.49. The zero-order chi connectivity index (χ0) is 8.27. The van der Waals surface area contributed by atoms with Gasteiger partial charge in [-0.25, -0.2) is 0 Å². The van der Waals surface area contributed by atoms with Gasteiger partial charge < -0.3 is 0 Å². The monoisotopic (exact) mass is 186 g/mol. The normalized spacial score (nSPS) is 8.73. The molecule has 0 atom stereocenters. The maximum atomic E-state index is 10.9. The number of carbonyl (C=O) groups is 1. The summed E-state index contributed by atoms with van der Waals surface area (Å²) < 4.78 is 0.535. The van der Waals surface area contributed by atoms with E-state index in [0.717, 1.165) is 11.3 Å². The van der Waals surface area contributed by atoms with Crippen molar-refractivity contribution in [3.63, 3.8) is 0 Å². The van der Waals surface area contributed by atoms with Crippen molar-refractivity contribution in [1.29, 1.82) is 5.26 Å². The molecule has 5 heteroatoms. The maximum absolute atomic E-state index is 10.9. The van der Waals surface area contributed by atoms with E-state index in [-0.39, 0.29) is 0 Å². The van der Waals surface area contributed by atoms with Gasteiger partial charge in [0, 0.05) is 0 Å². The van der Waals surface area contributed by atoms with Crippen molar-refractivity contribution in [2.24, 2.45) is 0 Å². The van der Waals surface area contributed by atoms with Crippen molar-refractivity contribution >= 4 is 28.8 Å². The van der Waals surface area contributed by atoms with E-state index < -0.39 is 5.91 Å². The Balaban J connectivity index is 2.78. The number of rotatable bonds is 1. The first-order chi connectivity index (χ1) is 5.24. The molecule has 1 amide bonds. The molecule has 0 radical (unpaired) electrons. The summed E-state index contributed by atoms with van der Waals surface area (Å²) in [5.74, 6) is -0.413. The molecular weight excluding hydrogens is 184 g/mol. The van der Waals surface area contributed by atoms with E-state index in [0.29, 0.717) is 9.21 Å². The van der Waals surface area contributed by atoms with Crippen LogP contribution in [0.1, 0.15) is 9.67 Å². The number of hydrogen-bond donors (Lipinski definition) is 1. The zero-order valence-electron chi connectivity index (χ0n) is 5.30. The molecule has 1 N–H and O–H groups in total. The van der Waals surface area contributed by atoms with Gasteiger partial charge in [0.05, 0.1) is 9.21 Å². The first kappa shape index (κ1) is 8.05. The number of thiophene rings is 1. The lowest BCUT2D eigenvalue weighted by Crippen LogP contribution is -2.15. The highest BCUT2D eigenvalue weighted by atomic mass is 35.5. The third kappa shape index (κ3) is 1.93. The minimum atomic E-state index is -0.413. The van der Waals surface area contributed by atoms with Crippen LogP contribution >= 0.6 is 22.9 Å². The van der Waals surface area contributed by atoms with Gasteiger partial charge in [0.25, 0.3) is 5.91 Å². The van der Waals surface area contributed by atoms with E-state index in [1.165, 1.54) is 6.19 Å². The van der Waals surface area contributed by atoms with E-state index in [9.17, 15) is 4.79 Å². The van der Waals surface area contributed by atoms with Crippen molar-refractivity contribution in [3.05, 3.63) is 21.3 Å². The number of carbonyl (C=O) groups excluding carboxylic acids is 1. The Bertz CT molecular complexity index is 315. The van der Waals surface area contributed by atoms with Gasteiger partial charge in [-0.15, -0.1) is 11.3 Å². The Morgan fingerprint density at radius 3 is 2.91 bits per heavy atom. The SMILES string of the molecule is N#CNC(=O)c1ccc(Cl)s1. The number of amides is 1. The first-order valence-electron chi connectivity index (χ1n) is 2.69. The molecule has 0 spiro atoms. The van der Waals surface area contributed by atoms with Gasteiger partial charge in [-0.2, -0.15) is 5.26 Å². The molecule has 0 aromatic carbocycles. The Morgan fingerprint density at radius 2 is 2.45 bits per heavy atom. The molecule has 11 heavy (non-hydrogen) atoms. The van der Waals surface area contributed by atoms with Gasteiger partial charge in [-0.1, -0.05) is 11.6 Å². The summed E-state index contributed by atoms with van der Waals surface area (Å²) in [5.41, 5.74) is 0. The van der Waals surface area contributed by atoms with Gasteiger partial charge in [-0.3, -0.25) is 10.1 Å². The molecule has 0 aliphatic rings. The molecule has 0 saturated heterocycles. The third-order valence-corrected chi connectivity index (χ3v) is 2.20. The van der Waals surface area contributed by atoms with E-state index in [2.05, 4.69) is 0 Å². The summed E-state index contributed by atoms with van der Waals surface area (Å²) >= 11 is 6.70. The largest absolute Gasteiger partial charge is 0.274 e. The van der Waals surface area contributed by atoms with Crippen LogP contribution in [-0.2, 0) is 0 Å². The Labute approximate surface area is 72.2 Å². The van der Waals surface area contributed by atoms with E-state index in [4.69, 9.17) is 16.9 Å². The molecule has 1 heterocycles. The predicted octanol–water partition coefficient (Wildman–Crippen LogP) is 1.61. The lowest BCUT2D eigenvalue weighted by atomic mass is 10.4. The van der Waals surface area contributed by atoms with Crippen molar-refractivity contribution in [3.8, 4) is 6.19 Å². The summed E-state index contributed by atoms with van der Waals surface area (Å²) in [6.45, 7) is 0.